The summed E-state index contributed by atoms with van der Waals surface area (Å²) in [5.74, 6) is 2.00. The average Bonchev–Trinajstić information content (AvgIpc) is 2.67. The fourth-order valence-corrected chi connectivity index (χ4v) is 2.72. The predicted octanol–water partition coefficient (Wildman–Crippen LogP) is 3.18. The highest BCUT2D eigenvalue weighted by Crippen LogP contribution is 2.36. The summed E-state index contributed by atoms with van der Waals surface area (Å²) in [4.78, 5) is 12.3. The molecule has 1 heterocycles. The SMILES string of the molecule is COc1cc(NC(=O)CNc2ccc3c(c2)OCCO3)c(OC)cc1Cl. The molecule has 0 saturated carbocycles. The summed E-state index contributed by atoms with van der Waals surface area (Å²) in [6, 6.07) is 8.63. The van der Waals surface area contributed by atoms with Crippen LogP contribution in [0.5, 0.6) is 23.0 Å². The maximum Gasteiger partial charge on any atom is 0.243 e. The van der Waals surface area contributed by atoms with Crippen molar-refractivity contribution >= 4 is 28.9 Å². The molecular formula is C18H19ClN2O5. The molecule has 0 radical (unpaired) electrons. The molecule has 0 fully saturated rings. The van der Waals surface area contributed by atoms with Crippen LogP contribution in [0, 0.1) is 0 Å². The molecule has 0 bridgehead atoms. The normalized spacial score (nSPS) is 12.3. The maximum atomic E-state index is 12.3. The summed E-state index contributed by atoms with van der Waals surface area (Å²) in [5.41, 5.74) is 1.23. The topological polar surface area (TPSA) is 78.1 Å². The van der Waals surface area contributed by atoms with Crippen LogP contribution in [-0.2, 0) is 4.79 Å². The van der Waals surface area contributed by atoms with Crippen LogP contribution in [0.3, 0.4) is 0 Å². The zero-order chi connectivity index (χ0) is 18.5. The number of ether oxygens (including phenoxy) is 4. The van der Waals surface area contributed by atoms with Crippen molar-refractivity contribution in [3.8, 4) is 23.0 Å². The molecule has 0 aliphatic carbocycles. The minimum Gasteiger partial charge on any atom is -0.495 e. The Kier molecular flexibility index (Phi) is 5.58. The van der Waals surface area contributed by atoms with Gasteiger partial charge in [0.25, 0.3) is 0 Å². The van der Waals surface area contributed by atoms with Crippen LogP contribution in [-0.4, -0.2) is 39.9 Å². The molecule has 1 amide bonds. The molecule has 0 saturated heterocycles. The molecule has 26 heavy (non-hydrogen) atoms. The number of carbonyl (C=O) groups excluding carboxylic acids is 1. The van der Waals surface area contributed by atoms with E-state index in [0.717, 1.165) is 5.69 Å². The Hall–Kier alpha value is -2.80. The van der Waals surface area contributed by atoms with Crippen molar-refractivity contribution in [2.75, 3.05) is 44.6 Å². The molecule has 8 heteroatoms. The summed E-state index contributed by atoms with van der Waals surface area (Å²) in [6.45, 7) is 1.11. The third kappa shape index (κ3) is 4.05. The average molecular weight is 379 g/mol. The van der Waals surface area contributed by atoms with Crippen LogP contribution in [0.4, 0.5) is 11.4 Å². The number of halogens is 1. The third-order valence-corrected chi connectivity index (χ3v) is 4.04. The number of amides is 1. The molecule has 1 aliphatic rings. The molecule has 0 spiro atoms. The van der Waals surface area contributed by atoms with E-state index >= 15 is 0 Å². The summed E-state index contributed by atoms with van der Waals surface area (Å²) in [5, 5.41) is 6.22. The van der Waals surface area contributed by atoms with E-state index in [1.54, 1.807) is 18.2 Å². The Labute approximate surface area is 156 Å². The van der Waals surface area contributed by atoms with Crippen LogP contribution in [0.15, 0.2) is 30.3 Å². The largest absolute Gasteiger partial charge is 0.495 e. The Morgan fingerprint density at radius 1 is 1.08 bits per heavy atom. The van der Waals surface area contributed by atoms with E-state index in [-0.39, 0.29) is 12.5 Å². The van der Waals surface area contributed by atoms with Gasteiger partial charge in [-0.3, -0.25) is 4.79 Å². The van der Waals surface area contributed by atoms with Crippen molar-refractivity contribution in [1.82, 2.24) is 0 Å². The van der Waals surface area contributed by atoms with Gasteiger partial charge in [0.05, 0.1) is 31.5 Å². The Bertz CT molecular complexity index is 812. The molecule has 2 aromatic carbocycles. The van der Waals surface area contributed by atoms with E-state index in [1.165, 1.54) is 14.2 Å². The van der Waals surface area contributed by atoms with E-state index in [0.29, 0.717) is 46.9 Å². The second kappa shape index (κ2) is 8.05. The molecule has 138 valence electrons. The Morgan fingerprint density at radius 3 is 2.54 bits per heavy atom. The number of nitrogens with one attached hydrogen (secondary N) is 2. The molecule has 2 aromatic rings. The lowest BCUT2D eigenvalue weighted by Gasteiger charge is -2.19. The second-order valence-corrected chi connectivity index (χ2v) is 5.85. The summed E-state index contributed by atoms with van der Waals surface area (Å²) < 4.78 is 21.4. The van der Waals surface area contributed by atoms with Crippen LogP contribution < -0.4 is 29.6 Å². The van der Waals surface area contributed by atoms with Gasteiger partial charge in [-0.15, -0.1) is 0 Å². The van der Waals surface area contributed by atoms with Gasteiger partial charge >= 0.3 is 0 Å². The van der Waals surface area contributed by atoms with E-state index in [9.17, 15) is 4.79 Å². The molecule has 1 aliphatic heterocycles. The molecule has 2 N–H and O–H groups in total. The molecular weight excluding hydrogens is 360 g/mol. The highest BCUT2D eigenvalue weighted by atomic mass is 35.5. The maximum absolute atomic E-state index is 12.3. The lowest BCUT2D eigenvalue weighted by molar-refractivity contribution is -0.114. The van der Waals surface area contributed by atoms with E-state index < -0.39 is 0 Å². The molecule has 0 unspecified atom stereocenters. The van der Waals surface area contributed by atoms with Gasteiger partial charge in [-0.2, -0.15) is 0 Å². The third-order valence-electron chi connectivity index (χ3n) is 3.74. The fraction of sp³-hybridized carbons (Fsp3) is 0.278. The fourth-order valence-electron chi connectivity index (χ4n) is 2.49. The minimum absolute atomic E-state index is 0.0632. The predicted molar refractivity (Wildman–Crippen MR) is 99.1 cm³/mol. The lowest BCUT2D eigenvalue weighted by atomic mass is 10.2. The van der Waals surface area contributed by atoms with Gasteiger partial charge in [0, 0.05) is 23.9 Å². The van der Waals surface area contributed by atoms with Crippen molar-refractivity contribution in [2.24, 2.45) is 0 Å². The first-order valence-corrected chi connectivity index (χ1v) is 8.33. The first kappa shape index (κ1) is 18.0. The van der Waals surface area contributed by atoms with Crippen molar-refractivity contribution in [3.05, 3.63) is 35.4 Å². The number of rotatable bonds is 6. The van der Waals surface area contributed by atoms with Gasteiger partial charge in [0.1, 0.15) is 24.7 Å². The smallest absolute Gasteiger partial charge is 0.243 e. The Morgan fingerprint density at radius 2 is 1.81 bits per heavy atom. The van der Waals surface area contributed by atoms with Gasteiger partial charge < -0.3 is 29.6 Å². The highest BCUT2D eigenvalue weighted by Gasteiger charge is 2.14. The summed E-state index contributed by atoms with van der Waals surface area (Å²) >= 11 is 6.06. The first-order valence-electron chi connectivity index (χ1n) is 7.95. The lowest BCUT2D eigenvalue weighted by Crippen LogP contribution is -2.22. The van der Waals surface area contributed by atoms with E-state index in [1.807, 2.05) is 12.1 Å². The van der Waals surface area contributed by atoms with E-state index in [4.69, 9.17) is 30.5 Å². The highest BCUT2D eigenvalue weighted by molar-refractivity contribution is 6.32. The number of hydrogen-bond donors (Lipinski definition) is 2. The number of anilines is 2. The molecule has 0 aromatic heterocycles. The summed E-state index contributed by atoms with van der Waals surface area (Å²) in [7, 11) is 3.00. The Balaban J connectivity index is 1.64. The molecule has 0 atom stereocenters. The van der Waals surface area contributed by atoms with E-state index in [2.05, 4.69) is 10.6 Å². The number of hydrogen-bond acceptors (Lipinski definition) is 6. The second-order valence-electron chi connectivity index (χ2n) is 5.45. The quantitative estimate of drug-likeness (QED) is 0.803. The van der Waals surface area contributed by atoms with Crippen LogP contribution in [0.25, 0.3) is 0 Å². The number of carbonyl (C=O) groups is 1. The standard InChI is InChI=1S/C18H19ClN2O5/c1-23-15-9-13(16(24-2)8-12(15)19)21-18(22)10-20-11-3-4-14-17(7-11)26-6-5-25-14/h3-4,7-9,20H,5-6,10H2,1-2H3,(H,21,22). The first-order chi connectivity index (χ1) is 12.6. The minimum atomic E-state index is -0.248. The monoisotopic (exact) mass is 378 g/mol. The van der Waals surface area contributed by atoms with Gasteiger partial charge in [0.2, 0.25) is 5.91 Å². The van der Waals surface area contributed by atoms with Gasteiger partial charge in [-0.1, -0.05) is 11.6 Å². The van der Waals surface area contributed by atoms with Crippen molar-refractivity contribution < 1.29 is 23.7 Å². The number of methoxy groups -OCH3 is 2. The zero-order valence-electron chi connectivity index (χ0n) is 14.4. The number of fused-ring (bicyclic) bond motifs is 1. The van der Waals surface area contributed by atoms with Gasteiger partial charge in [-0.05, 0) is 12.1 Å². The van der Waals surface area contributed by atoms with Crippen LogP contribution in [0.1, 0.15) is 0 Å². The van der Waals surface area contributed by atoms with Crippen LogP contribution in [0.2, 0.25) is 5.02 Å². The van der Waals surface area contributed by atoms with Gasteiger partial charge in [-0.25, -0.2) is 0 Å². The van der Waals surface area contributed by atoms with Crippen molar-refractivity contribution in [3.63, 3.8) is 0 Å². The van der Waals surface area contributed by atoms with Crippen molar-refractivity contribution in [1.29, 1.82) is 0 Å². The zero-order valence-corrected chi connectivity index (χ0v) is 15.2. The molecule has 7 nitrogen and oxygen atoms in total. The van der Waals surface area contributed by atoms with Gasteiger partial charge in [0.15, 0.2) is 11.5 Å². The number of benzene rings is 2. The van der Waals surface area contributed by atoms with Crippen molar-refractivity contribution in [2.45, 2.75) is 0 Å². The van der Waals surface area contributed by atoms with Crippen LogP contribution >= 0.6 is 11.6 Å². The molecule has 3 rings (SSSR count). The summed E-state index contributed by atoms with van der Waals surface area (Å²) in [6.07, 6.45) is 0.